The van der Waals surface area contributed by atoms with Crippen LogP contribution in [0.3, 0.4) is 0 Å². The fraction of sp³-hybridized carbons (Fsp3) is 0.261. The Morgan fingerprint density at radius 3 is 2.62 bits per heavy atom. The Balaban J connectivity index is 1.65. The highest BCUT2D eigenvalue weighted by Gasteiger charge is 2.36. The molecule has 2 N–H and O–H groups in total. The number of alkyl halides is 2. The molecule has 3 heterocycles. The van der Waals surface area contributed by atoms with Gasteiger partial charge in [-0.15, -0.1) is 0 Å². The number of halogens is 2. The normalized spacial score (nSPS) is 17.9. The molecule has 164 valence electrons. The highest BCUT2D eigenvalue weighted by Crippen LogP contribution is 2.42. The van der Waals surface area contributed by atoms with Crippen LogP contribution in [0.15, 0.2) is 54.7 Å². The summed E-state index contributed by atoms with van der Waals surface area (Å²) in [5.41, 5.74) is 4.61. The molecule has 0 fully saturated rings. The maximum absolute atomic E-state index is 14.0. The largest absolute Gasteiger partial charge is 0.363 e. The summed E-state index contributed by atoms with van der Waals surface area (Å²) in [6, 6.07) is 14.4. The van der Waals surface area contributed by atoms with Gasteiger partial charge in [0.1, 0.15) is 11.9 Å². The van der Waals surface area contributed by atoms with Crippen LogP contribution in [-0.4, -0.2) is 31.0 Å². The second kappa shape index (κ2) is 7.98. The van der Waals surface area contributed by atoms with Crippen LogP contribution < -0.4 is 5.32 Å². The second-order valence-corrected chi connectivity index (χ2v) is 8.46. The van der Waals surface area contributed by atoms with E-state index in [1.807, 2.05) is 60.9 Å². The van der Waals surface area contributed by atoms with Crippen LogP contribution in [-0.2, 0) is 0 Å². The summed E-state index contributed by atoms with van der Waals surface area (Å²) in [5, 5.41) is 15.0. The van der Waals surface area contributed by atoms with Gasteiger partial charge in [0.15, 0.2) is 10.6 Å². The standard InChI is InChI=1S/C23H22F2N6S/c1-13-8-9-18(14(2)10-13)30-22(28-29-23(30)32)16-12-26-31-19(20(24)25)11-17(27-21(16)31)15-6-4-3-5-7-15/h3-10,12,17,19-20,27H,11H2,1-2H3,(H,29,32)/t17-,19-/m1/s1. The number of aryl methyl sites for hydroxylation is 2. The number of hydrogen-bond acceptors (Lipinski definition) is 4. The number of aromatic nitrogens is 5. The number of aromatic amines is 1. The maximum atomic E-state index is 14.0. The van der Waals surface area contributed by atoms with Crippen LogP contribution in [0.2, 0.25) is 0 Å². The summed E-state index contributed by atoms with van der Waals surface area (Å²) < 4.78 is 31.6. The van der Waals surface area contributed by atoms with Crippen molar-refractivity contribution in [3.63, 3.8) is 0 Å². The van der Waals surface area contributed by atoms with Crippen LogP contribution in [0.4, 0.5) is 14.6 Å². The summed E-state index contributed by atoms with van der Waals surface area (Å²) >= 11 is 5.52. The molecule has 5 rings (SSSR count). The molecule has 6 nitrogen and oxygen atoms in total. The van der Waals surface area contributed by atoms with Gasteiger partial charge in [0.25, 0.3) is 6.43 Å². The van der Waals surface area contributed by atoms with Gasteiger partial charge in [0, 0.05) is 0 Å². The van der Waals surface area contributed by atoms with Crippen molar-refractivity contribution in [1.82, 2.24) is 24.5 Å². The fourth-order valence-electron chi connectivity index (χ4n) is 4.36. The Hall–Kier alpha value is -3.33. The third-order valence-corrected chi connectivity index (χ3v) is 6.17. The molecule has 0 bridgehead atoms. The van der Waals surface area contributed by atoms with Crippen molar-refractivity contribution in [3.8, 4) is 17.1 Å². The van der Waals surface area contributed by atoms with Gasteiger partial charge in [-0.25, -0.2) is 13.5 Å². The Morgan fingerprint density at radius 1 is 1.12 bits per heavy atom. The topological polar surface area (TPSA) is 63.5 Å². The Morgan fingerprint density at radius 2 is 1.91 bits per heavy atom. The van der Waals surface area contributed by atoms with Crippen LogP contribution in [0.25, 0.3) is 17.1 Å². The predicted molar refractivity (Wildman–Crippen MR) is 122 cm³/mol. The maximum Gasteiger partial charge on any atom is 0.260 e. The third kappa shape index (κ3) is 3.42. The summed E-state index contributed by atoms with van der Waals surface area (Å²) in [6.45, 7) is 4.03. The minimum Gasteiger partial charge on any atom is -0.363 e. The van der Waals surface area contributed by atoms with E-state index in [-0.39, 0.29) is 12.5 Å². The van der Waals surface area contributed by atoms with E-state index >= 15 is 0 Å². The van der Waals surface area contributed by atoms with Crippen molar-refractivity contribution in [2.24, 2.45) is 0 Å². The number of benzene rings is 2. The number of rotatable bonds is 4. The van der Waals surface area contributed by atoms with Crippen LogP contribution >= 0.6 is 12.2 Å². The lowest BCUT2D eigenvalue weighted by molar-refractivity contribution is 0.0659. The Kier molecular flexibility index (Phi) is 5.13. The smallest absolute Gasteiger partial charge is 0.260 e. The van der Waals surface area contributed by atoms with Gasteiger partial charge in [0.05, 0.1) is 23.5 Å². The third-order valence-electron chi connectivity index (χ3n) is 5.90. The zero-order chi connectivity index (χ0) is 22.4. The molecule has 2 atom stereocenters. The Bertz CT molecular complexity index is 1320. The van der Waals surface area contributed by atoms with Crippen molar-refractivity contribution in [1.29, 1.82) is 0 Å². The molecule has 0 saturated heterocycles. The first-order valence-electron chi connectivity index (χ1n) is 10.4. The molecule has 2 aromatic heterocycles. The predicted octanol–water partition coefficient (Wildman–Crippen LogP) is 5.77. The zero-order valence-corrected chi connectivity index (χ0v) is 18.4. The van der Waals surface area contributed by atoms with Crippen molar-refractivity contribution in [2.75, 3.05) is 5.32 Å². The lowest BCUT2D eigenvalue weighted by Gasteiger charge is -2.32. The van der Waals surface area contributed by atoms with Gasteiger partial charge in [0.2, 0.25) is 0 Å². The molecule has 0 amide bonds. The second-order valence-electron chi connectivity index (χ2n) is 8.07. The lowest BCUT2D eigenvalue weighted by atomic mass is 9.97. The molecule has 32 heavy (non-hydrogen) atoms. The quantitative estimate of drug-likeness (QED) is 0.386. The SMILES string of the molecule is Cc1ccc(-n2c(-c3cnn4c3N[C@@H](c3ccccc3)C[C@@H]4C(F)F)n[nH]c2=S)c(C)c1. The molecule has 9 heteroatoms. The minimum atomic E-state index is -2.55. The molecule has 0 spiro atoms. The number of fused-ring (bicyclic) bond motifs is 1. The van der Waals surface area contributed by atoms with Gasteiger partial charge in [-0.05, 0) is 49.7 Å². The average Bonchev–Trinajstić information content (AvgIpc) is 3.37. The van der Waals surface area contributed by atoms with Crippen LogP contribution in [0, 0.1) is 18.6 Å². The van der Waals surface area contributed by atoms with Crippen LogP contribution in [0.1, 0.15) is 35.2 Å². The highest BCUT2D eigenvalue weighted by atomic mass is 32.1. The van der Waals surface area contributed by atoms with Gasteiger partial charge in [-0.1, -0.05) is 48.0 Å². The fourth-order valence-corrected chi connectivity index (χ4v) is 4.59. The molecule has 4 aromatic rings. The van der Waals surface area contributed by atoms with Gasteiger partial charge >= 0.3 is 0 Å². The number of hydrogen-bond donors (Lipinski definition) is 2. The van der Waals surface area contributed by atoms with E-state index in [0.717, 1.165) is 22.4 Å². The van der Waals surface area contributed by atoms with E-state index in [4.69, 9.17) is 12.2 Å². The molecule has 0 unspecified atom stereocenters. The van der Waals surface area contributed by atoms with Crippen molar-refractivity contribution in [3.05, 3.63) is 76.2 Å². The van der Waals surface area contributed by atoms with Gasteiger partial charge < -0.3 is 5.32 Å². The summed E-state index contributed by atoms with van der Waals surface area (Å²) in [6.07, 6.45) is -0.731. The summed E-state index contributed by atoms with van der Waals surface area (Å²) in [4.78, 5) is 0. The Labute approximate surface area is 188 Å². The van der Waals surface area contributed by atoms with E-state index < -0.39 is 12.5 Å². The molecule has 1 aliphatic rings. The van der Waals surface area contributed by atoms with E-state index in [1.54, 1.807) is 6.20 Å². The van der Waals surface area contributed by atoms with Crippen molar-refractivity contribution >= 4 is 18.0 Å². The van der Waals surface area contributed by atoms with E-state index in [1.165, 1.54) is 4.68 Å². The highest BCUT2D eigenvalue weighted by molar-refractivity contribution is 7.71. The summed E-state index contributed by atoms with van der Waals surface area (Å²) in [7, 11) is 0. The first-order valence-corrected chi connectivity index (χ1v) is 10.8. The molecule has 0 radical (unpaired) electrons. The number of nitrogens with one attached hydrogen (secondary N) is 2. The molecule has 1 aliphatic heterocycles. The molecule has 2 aromatic carbocycles. The monoisotopic (exact) mass is 452 g/mol. The molecular formula is C23H22F2N6S. The minimum absolute atomic E-state index is 0.236. The first kappa shape index (κ1) is 20.6. The molecule has 0 aliphatic carbocycles. The number of H-pyrrole nitrogens is 1. The van der Waals surface area contributed by atoms with Crippen LogP contribution in [0.5, 0.6) is 0 Å². The number of nitrogens with zero attached hydrogens (tertiary/aromatic N) is 4. The van der Waals surface area contributed by atoms with E-state index in [9.17, 15) is 8.78 Å². The van der Waals surface area contributed by atoms with E-state index in [0.29, 0.717) is 22.0 Å². The first-order chi connectivity index (χ1) is 15.4. The van der Waals surface area contributed by atoms with Gasteiger partial charge in [-0.3, -0.25) is 9.67 Å². The lowest BCUT2D eigenvalue weighted by Crippen LogP contribution is -2.31. The van der Waals surface area contributed by atoms with Gasteiger partial charge in [-0.2, -0.15) is 10.2 Å². The molecule has 0 saturated carbocycles. The summed E-state index contributed by atoms with van der Waals surface area (Å²) in [5.74, 6) is 1.04. The number of anilines is 1. The zero-order valence-electron chi connectivity index (χ0n) is 17.6. The average molecular weight is 453 g/mol. The molecular weight excluding hydrogens is 430 g/mol. The van der Waals surface area contributed by atoms with Crippen molar-refractivity contribution in [2.45, 2.75) is 38.8 Å². The van der Waals surface area contributed by atoms with Crippen molar-refractivity contribution < 1.29 is 8.78 Å². The van der Waals surface area contributed by atoms with E-state index in [2.05, 4.69) is 26.7 Å².